The van der Waals surface area contributed by atoms with Crippen LogP contribution in [0.4, 0.5) is 10.5 Å². The summed E-state index contributed by atoms with van der Waals surface area (Å²) in [5, 5.41) is 2.11. The fourth-order valence-electron chi connectivity index (χ4n) is 2.88. The van der Waals surface area contributed by atoms with Crippen LogP contribution in [0.15, 0.2) is 84.9 Å². The number of benzene rings is 3. The van der Waals surface area contributed by atoms with Crippen molar-refractivity contribution >= 4 is 17.6 Å². The van der Waals surface area contributed by atoms with Gasteiger partial charge in [0.15, 0.2) is 0 Å². The number of nitrogens with one attached hydrogen (secondary N) is 1. The minimum atomic E-state index is -0.858. The average molecular weight is 389 g/mol. The van der Waals surface area contributed by atoms with Crippen molar-refractivity contribution in [3.63, 3.8) is 0 Å². The standard InChI is InChI=1S/C23H23N3O3/c24-23(28)25-22(27)16-26(20-9-5-2-6-10-20)15-18-11-13-21(14-12-18)29-17-19-7-3-1-4-8-19/h1-14H,15-17H2,(H3,24,25,27,28). The second-order valence-corrected chi connectivity index (χ2v) is 6.52. The molecule has 0 bridgehead atoms. The van der Waals surface area contributed by atoms with Gasteiger partial charge in [-0.05, 0) is 35.4 Å². The zero-order chi connectivity index (χ0) is 20.5. The highest BCUT2D eigenvalue weighted by molar-refractivity contribution is 5.95. The van der Waals surface area contributed by atoms with Gasteiger partial charge in [0.25, 0.3) is 0 Å². The zero-order valence-electron chi connectivity index (χ0n) is 16.0. The minimum Gasteiger partial charge on any atom is -0.489 e. The molecular weight excluding hydrogens is 366 g/mol. The third-order valence-electron chi connectivity index (χ3n) is 4.26. The summed E-state index contributed by atoms with van der Waals surface area (Å²) in [6.07, 6.45) is 0. The van der Waals surface area contributed by atoms with Crippen LogP contribution in [0.1, 0.15) is 11.1 Å². The van der Waals surface area contributed by atoms with Gasteiger partial charge >= 0.3 is 6.03 Å². The van der Waals surface area contributed by atoms with E-state index < -0.39 is 11.9 Å². The molecule has 6 heteroatoms. The number of nitrogens with two attached hydrogens (primary N) is 1. The predicted octanol–water partition coefficient (Wildman–Crippen LogP) is 3.47. The molecule has 0 unspecified atom stereocenters. The monoisotopic (exact) mass is 389 g/mol. The molecule has 0 aliphatic heterocycles. The first-order valence-electron chi connectivity index (χ1n) is 9.25. The Kier molecular flexibility index (Phi) is 6.84. The fourth-order valence-corrected chi connectivity index (χ4v) is 2.88. The summed E-state index contributed by atoms with van der Waals surface area (Å²) in [4.78, 5) is 24.8. The lowest BCUT2D eigenvalue weighted by Crippen LogP contribution is -2.42. The van der Waals surface area contributed by atoms with Crippen molar-refractivity contribution in [1.82, 2.24) is 5.32 Å². The third kappa shape index (κ3) is 6.39. The van der Waals surface area contributed by atoms with Crippen molar-refractivity contribution in [3.8, 4) is 5.75 Å². The molecule has 0 aliphatic carbocycles. The summed E-state index contributed by atoms with van der Waals surface area (Å²) >= 11 is 0. The SMILES string of the molecule is NC(=O)NC(=O)CN(Cc1ccc(OCc2ccccc2)cc1)c1ccccc1. The molecule has 0 radical (unpaired) electrons. The molecule has 6 nitrogen and oxygen atoms in total. The maximum absolute atomic E-state index is 12.0. The molecule has 0 fully saturated rings. The molecule has 3 aromatic rings. The van der Waals surface area contributed by atoms with Gasteiger partial charge in [0, 0.05) is 12.2 Å². The Morgan fingerprint density at radius 3 is 2.07 bits per heavy atom. The van der Waals surface area contributed by atoms with Gasteiger partial charge in [-0.25, -0.2) is 4.79 Å². The first-order chi connectivity index (χ1) is 14.1. The smallest absolute Gasteiger partial charge is 0.318 e. The molecule has 3 N–H and O–H groups in total. The van der Waals surface area contributed by atoms with Crippen LogP contribution in [0.2, 0.25) is 0 Å². The summed E-state index contributed by atoms with van der Waals surface area (Å²) in [6, 6.07) is 26.4. The van der Waals surface area contributed by atoms with Crippen molar-refractivity contribution in [1.29, 1.82) is 0 Å². The van der Waals surface area contributed by atoms with Crippen molar-refractivity contribution in [2.45, 2.75) is 13.2 Å². The van der Waals surface area contributed by atoms with Crippen LogP contribution in [0.25, 0.3) is 0 Å². The second kappa shape index (κ2) is 9.94. The molecule has 3 aromatic carbocycles. The van der Waals surface area contributed by atoms with E-state index in [1.54, 1.807) is 0 Å². The van der Waals surface area contributed by atoms with Gasteiger partial charge < -0.3 is 15.4 Å². The number of urea groups is 1. The highest BCUT2D eigenvalue weighted by Crippen LogP contribution is 2.19. The van der Waals surface area contributed by atoms with E-state index in [2.05, 4.69) is 5.32 Å². The normalized spacial score (nSPS) is 10.2. The van der Waals surface area contributed by atoms with Crippen LogP contribution < -0.4 is 20.7 Å². The molecule has 3 amide bonds. The number of imide groups is 1. The zero-order valence-corrected chi connectivity index (χ0v) is 16.0. The van der Waals surface area contributed by atoms with Crippen molar-refractivity contribution in [3.05, 3.63) is 96.1 Å². The van der Waals surface area contributed by atoms with Crippen LogP contribution in [-0.2, 0) is 17.9 Å². The van der Waals surface area contributed by atoms with Crippen molar-refractivity contribution in [2.75, 3.05) is 11.4 Å². The number of hydrogen-bond donors (Lipinski definition) is 2. The maximum Gasteiger partial charge on any atom is 0.318 e. The Balaban J connectivity index is 1.65. The Morgan fingerprint density at radius 2 is 1.45 bits per heavy atom. The summed E-state index contributed by atoms with van der Waals surface area (Å²) < 4.78 is 5.82. The molecular formula is C23H23N3O3. The molecule has 0 saturated heterocycles. The van der Waals surface area contributed by atoms with Gasteiger partial charge in [0.05, 0.1) is 6.54 Å². The third-order valence-corrected chi connectivity index (χ3v) is 4.26. The van der Waals surface area contributed by atoms with Gasteiger partial charge in [-0.3, -0.25) is 10.1 Å². The van der Waals surface area contributed by atoms with E-state index in [0.29, 0.717) is 13.2 Å². The summed E-state index contributed by atoms with van der Waals surface area (Å²) in [5.74, 6) is 0.319. The number of amides is 3. The number of ether oxygens (including phenoxy) is 1. The van der Waals surface area contributed by atoms with E-state index >= 15 is 0 Å². The predicted molar refractivity (Wildman–Crippen MR) is 112 cm³/mol. The van der Waals surface area contributed by atoms with Crippen LogP contribution in [-0.4, -0.2) is 18.5 Å². The number of nitrogens with zero attached hydrogens (tertiary/aromatic N) is 1. The number of para-hydroxylation sites is 1. The molecule has 0 aromatic heterocycles. The second-order valence-electron chi connectivity index (χ2n) is 6.52. The van der Waals surface area contributed by atoms with Gasteiger partial charge in [0.2, 0.25) is 5.91 Å². The molecule has 0 spiro atoms. The van der Waals surface area contributed by atoms with Crippen LogP contribution in [0, 0.1) is 0 Å². The summed E-state index contributed by atoms with van der Waals surface area (Å²) in [5.41, 5.74) is 8.03. The molecule has 148 valence electrons. The van der Waals surface area contributed by atoms with Gasteiger partial charge in [-0.1, -0.05) is 60.7 Å². The highest BCUT2D eigenvalue weighted by Gasteiger charge is 2.13. The average Bonchev–Trinajstić information content (AvgIpc) is 2.73. The number of carbonyl (C=O) groups excluding carboxylic acids is 2. The molecule has 0 heterocycles. The molecule has 0 aliphatic rings. The number of primary amides is 1. The van der Waals surface area contributed by atoms with Crippen LogP contribution in [0.5, 0.6) is 5.75 Å². The molecule has 0 atom stereocenters. The van der Waals surface area contributed by atoms with E-state index in [-0.39, 0.29) is 6.54 Å². The topological polar surface area (TPSA) is 84.7 Å². The van der Waals surface area contributed by atoms with E-state index in [9.17, 15) is 9.59 Å². The lowest BCUT2D eigenvalue weighted by atomic mass is 10.2. The summed E-state index contributed by atoms with van der Waals surface area (Å²) in [7, 11) is 0. The lowest BCUT2D eigenvalue weighted by Gasteiger charge is -2.24. The van der Waals surface area contributed by atoms with Gasteiger partial charge in [-0.2, -0.15) is 0 Å². The Labute approximate surface area is 169 Å². The number of hydrogen-bond acceptors (Lipinski definition) is 4. The fraction of sp³-hybridized carbons (Fsp3) is 0.130. The maximum atomic E-state index is 12.0. The van der Waals surface area contributed by atoms with Crippen molar-refractivity contribution < 1.29 is 14.3 Å². The Hall–Kier alpha value is -3.80. The lowest BCUT2D eigenvalue weighted by molar-refractivity contribution is -0.118. The van der Waals surface area contributed by atoms with Gasteiger partial charge in [-0.15, -0.1) is 0 Å². The largest absolute Gasteiger partial charge is 0.489 e. The van der Waals surface area contributed by atoms with E-state index in [4.69, 9.17) is 10.5 Å². The number of rotatable bonds is 8. The molecule has 0 saturated carbocycles. The first kappa shape index (κ1) is 19.9. The Bertz CT molecular complexity index is 929. The summed E-state index contributed by atoms with van der Waals surface area (Å²) in [6.45, 7) is 1.01. The minimum absolute atomic E-state index is 0.0131. The van der Waals surface area contributed by atoms with E-state index in [1.165, 1.54) is 0 Å². The van der Waals surface area contributed by atoms with Crippen LogP contribution in [0.3, 0.4) is 0 Å². The molecule has 29 heavy (non-hydrogen) atoms. The van der Waals surface area contributed by atoms with Crippen LogP contribution >= 0.6 is 0 Å². The first-order valence-corrected chi connectivity index (χ1v) is 9.25. The van der Waals surface area contributed by atoms with E-state index in [1.807, 2.05) is 89.8 Å². The highest BCUT2D eigenvalue weighted by atomic mass is 16.5. The number of anilines is 1. The quantitative estimate of drug-likeness (QED) is 0.618. The van der Waals surface area contributed by atoms with Gasteiger partial charge in [0.1, 0.15) is 12.4 Å². The molecule has 3 rings (SSSR count). The van der Waals surface area contributed by atoms with E-state index in [0.717, 1.165) is 22.6 Å². The number of carbonyl (C=O) groups is 2. The Morgan fingerprint density at radius 1 is 0.828 bits per heavy atom. The van der Waals surface area contributed by atoms with Crippen molar-refractivity contribution in [2.24, 2.45) is 5.73 Å².